The molecule has 1 heterocycles. The summed E-state index contributed by atoms with van der Waals surface area (Å²) in [6, 6.07) is 4.54. The van der Waals surface area contributed by atoms with Crippen molar-refractivity contribution in [2.24, 2.45) is 0 Å². The summed E-state index contributed by atoms with van der Waals surface area (Å²) in [5.74, 6) is -0.279. The molecule has 0 amide bonds. The quantitative estimate of drug-likeness (QED) is 0.770. The highest BCUT2D eigenvalue weighted by molar-refractivity contribution is 5.62. The number of H-pyrrole nitrogens is 1. The largest absolute Gasteiger partial charge is 0.313 e. The second kappa shape index (κ2) is 3.65. The number of halogens is 1. The van der Waals surface area contributed by atoms with Crippen LogP contribution in [0.5, 0.6) is 0 Å². The molecule has 76 valence electrons. The van der Waals surface area contributed by atoms with Crippen LogP contribution in [-0.4, -0.2) is 9.97 Å². The molecule has 0 fully saturated rings. The molecule has 3 nitrogen and oxygen atoms in total. The summed E-state index contributed by atoms with van der Waals surface area (Å²) < 4.78 is 13.0. The maximum atomic E-state index is 13.0. The molecular formula is C11H9FN2O. The molecule has 1 aromatic carbocycles. The Bertz CT molecular complexity index is 548. The van der Waals surface area contributed by atoms with Gasteiger partial charge in [-0.2, -0.15) is 0 Å². The maximum Gasteiger partial charge on any atom is 0.258 e. The zero-order valence-corrected chi connectivity index (χ0v) is 8.12. The van der Waals surface area contributed by atoms with Crippen LogP contribution in [0.15, 0.2) is 35.5 Å². The summed E-state index contributed by atoms with van der Waals surface area (Å²) in [5.41, 5.74) is 1.40. The van der Waals surface area contributed by atoms with E-state index in [0.717, 1.165) is 0 Å². The Morgan fingerprint density at radius 2 is 2.20 bits per heavy atom. The van der Waals surface area contributed by atoms with Crippen molar-refractivity contribution in [3.8, 4) is 11.1 Å². The molecule has 2 aromatic rings. The molecule has 0 unspecified atom stereocenters. The van der Waals surface area contributed by atoms with Gasteiger partial charge in [-0.3, -0.25) is 4.79 Å². The van der Waals surface area contributed by atoms with Crippen LogP contribution < -0.4 is 5.56 Å². The fraction of sp³-hybridized carbons (Fsp3) is 0.0909. The van der Waals surface area contributed by atoms with E-state index >= 15 is 0 Å². The van der Waals surface area contributed by atoms with Gasteiger partial charge in [-0.15, -0.1) is 0 Å². The standard InChI is InChI=1S/C11H9FN2O/c1-7-4-8(2-3-10(7)12)9-5-13-6-14-11(9)15/h2-6H,1H3,(H,13,14,15). The van der Waals surface area contributed by atoms with Gasteiger partial charge in [0.2, 0.25) is 0 Å². The highest BCUT2D eigenvalue weighted by Crippen LogP contribution is 2.17. The third kappa shape index (κ3) is 1.79. The highest BCUT2D eigenvalue weighted by Gasteiger charge is 2.04. The Kier molecular flexibility index (Phi) is 2.33. The Morgan fingerprint density at radius 1 is 1.40 bits per heavy atom. The number of nitrogens with zero attached hydrogens (tertiary/aromatic N) is 1. The third-order valence-electron chi connectivity index (χ3n) is 2.19. The second-order valence-electron chi connectivity index (χ2n) is 3.26. The van der Waals surface area contributed by atoms with Crippen molar-refractivity contribution >= 4 is 0 Å². The van der Waals surface area contributed by atoms with Gasteiger partial charge < -0.3 is 4.98 Å². The van der Waals surface area contributed by atoms with Crippen molar-refractivity contribution < 1.29 is 4.39 Å². The van der Waals surface area contributed by atoms with Crippen LogP contribution in [0.2, 0.25) is 0 Å². The van der Waals surface area contributed by atoms with Gasteiger partial charge in [0.25, 0.3) is 5.56 Å². The number of hydrogen-bond donors (Lipinski definition) is 1. The molecule has 2 rings (SSSR count). The van der Waals surface area contributed by atoms with E-state index in [0.29, 0.717) is 16.7 Å². The minimum Gasteiger partial charge on any atom is -0.313 e. The molecular weight excluding hydrogens is 195 g/mol. The Morgan fingerprint density at radius 3 is 2.87 bits per heavy atom. The van der Waals surface area contributed by atoms with Crippen molar-refractivity contribution in [3.05, 3.63) is 52.5 Å². The van der Waals surface area contributed by atoms with E-state index in [9.17, 15) is 9.18 Å². The van der Waals surface area contributed by atoms with Gasteiger partial charge in [-0.05, 0) is 30.2 Å². The van der Waals surface area contributed by atoms with Crippen molar-refractivity contribution in [2.75, 3.05) is 0 Å². The normalized spacial score (nSPS) is 10.3. The van der Waals surface area contributed by atoms with E-state index < -0.39 is 0 Å². The monoisotopic (exact) mass is 204 g/mol. The van der Waals surface area contributed by atoms with Crippen molar-refractivity contribution in [3.63, 3.8) is 0 Å². The lowest BCUT2D eigenvalue weighted by Gasteiger charge is -2.01. The molecule has 1 N–H and O–H groups in total. The first-order valence-corrected chi connectivity index (χ1v) is 4.47. The number of aromatic nitrogens is 2. The summed E-state index contributed by atoms with van der Waals surface area (Å²) >= 11 is 0. The fourth-order valence-electron chi connectivity index (χ4n) is 1.36. The van der Waals surface area contributed by atoms with E-state index in [-0.39, 0.29) is 11.4 Å². The summed E-state index contributed by atoms with van der Waals surface area (Å²) in [4.78, 5) is 17.7. The van der Waals surface area contributed by atoms with Crippen LogP contribution in [0.25, 0.3) is 11.1 Å². The van der Waals surface area contributed by atoms with E-state index in [1.807, 2.05) is 0 Å². The first-order chi connectivity index (χ1) is 7.18. The predicted octanol–water partition coefficient (Wildman–Crippen LogP) is 1.88. The SMILES string of the molecule is Cc1cc(-c2cnc[nH]c2=O)ccc1F. The molecule has 0 aliphatic heterocycles. The van der Waals surface area contributed by atoms with Gasteiger partial charge >= 0.3 is 0 Å². The van der Waals surface area contributed by atoms with E-state index in [1.165, 1.54) is 18.6 Å². The average Bonchev–Trinajstić information content (AvgIpc) is 2.23. The molecule has 1 aromatic heterocycles. The zero-order chi connectivity index (χ0) is 10.8. The number of aromatic amines is 1. The maximum absolute atomic E-state index is 13.0. The first kappa shape index (κ1) is 9.58. The van der Waals surface area contributed by atoms with Crippen LogP contribution in [0.4, 0.5) is 4.39 Å². The molecule has 0 bridgehead atoms. The Labute approximate surface area is 85.6 Å². The van der Waals surface area contributed by atoms with Gasteiger partial charge in [0, 0.05) is 6.20 Å². The predicted molar refractivity (Wildman–Crippen MR) is 55.0 cm³/mol. The van der Waals surface area contributed by atoms with Crippen molar-refractivity contribution in [1.29, 1.82) is 0 Å². The highest BCUT2D eigenvalue weighted by atomic mass is 19.1. The first-order valence-electron chi connectivity index (χ1n) is 4.47. The summed E-state index contributed by atoms with van der Waals surface area (Å²) in [6.07, 6.45) is 2.79. The number of benzene rings is 1. The third-order valence-corrected chi connectivity index (χ3v) is 2.19. The number of aryl methyl sites for hydroxylation is 1. The molecule has 0 saturated carbocycles. The topological polar surface area (TPSA) is 45.8 Å². The summed E-state index contributed by atoms with van der Waals surface area (Å²) in [6.45, 7) is 1.66. The van der Waals surface area contributed by atoms with Gasteiger partial charge in [0.05, 0.1) is 11.9 Å². The molecule has 0 atom stereocenters. The molecule has 4 heteroatoms. The molecule has 0 radical (unpaired) electrons. The van der Waals surface area contributed by atoms with Crippen molar-refractivity contribution in [2.45, 2.75) is 6.92 Å². The fourth-order valence-corrected chi connectivity index (χ4v) is 1.36. The average molecular weight is 204 g/mol. The number of hydrogen-bond acceptors (Lipinski definition) is 2. The van der Waals surface area contributed by atoms with Gasteiger partial charge in [0.1, 0.15) is 5.82 Å². The van der Waals surface area contributed by atoms with Gasteiger partial charge in [-0.1, -0.05) is 6.07 Å². The van der Waals surface area contributed by atoms with Crippen LogP contribution in [0.1, 0.15) is 5.56 Å². The lowest BCUT2D eigenvalue weighted by molar-refractivity contribution is 0.619. The Hall–Kier alpha value is -1.97. The van der Waals surface area contributed by atoms with Crippen LogP contribution in [0.3, 0.4) is 0 Å². The lowest BCUT2D eigenvalue weighted by Crippen LogP contribution is -2.08. The van der Waals surface area contributed by atoms with Crippen LogP contribution >= 0.6 is 0 Å². The van der Waals surface area contributed by atoms with E-state index in [2.05, 4.69) is 9.97 Å². The van der Waals surface area contributed by atoms with E-state index in [1.54, 1.807) is 19.1 Å². The molecule has 0 spiro atoms. The molecule has 0 aliphatic carbocycles. The van der Waals surface area contributed by atoms with Crippen LogP contribution in [0, 0.1) is 12.7 Å². The smallest absolute Gasteiger partial charge is 0.258 e. The molecule has 0 aliphatic rings. The van der Waals surface area contributed by atoms with E-state index in [4.69, 9.17) is 0 Å². The van der Waals surface area contributed by atoms with Crippen LogP contribution in [-0.2, 0) is 0 Å². The van der Waals surface area contributed by atoms with Gasteiger partial charge in [-0.25, -0.2) is 9.37 Å². The minimum atomic E-state index is -0.279. The van der Waals surface area contributed by atoms with Gasteiger partial charge in [0.15, 0.2) is 0 Å². The zero-order valence-electron chi connectivity index (χ0n) is 8.12. The second-order valence-corrected chi connectivity index (χ2v) is 3.26. The number of nitrogens with one attached hydrogen (secondary N) is 1. The minimum absolute atomic E-state index is 0.226. The molecule has 0 saturated heterocycles. The molecule has 15 heavy (non-hydrogen) atoms. The lowest BCUT2D eigenvalue weighted by atomic mass is 10.1. The summed E-state index contributed by atoms with van der Waals surface area (Å²) in [7, 11) is 0. The number of rotatable bonds is 1. The van der Waals surface area contributed by atoms with Crippen molar-refractivity contribution in [1.82, 2.24) is 9.97 Å². The Balaban J connectivity index is 2.60. The summed E-state index contributed by atoms with van der Waals surface area (Å²) in [5, 5.41) is 0.